The van der Waals surface area contributed by atoms with Crippen molar-refractivity contribution in [3.8, 4) is 0 Å². The summed E-state index contributed by atoms with van der Waals surface area (Å²) < 4.78 is 0. The minimum Gasteiger partial charge on any atom is -0.233 e. The summed E-state index contributed by atoms with van der Waals surface area (Å²) in [5, 5.41) is 1.63. The van der Waals surface area contributed by atoms with Gasteiger partial charge in [-0.1, -0.05) is 11.6 Å². The maximum atomic E-state index is 6.03. The molecule has 2 heterocycles. The molecular weight excluding hydrogens is 184 g/mol. The summed E-state index contributed by atoms with van der Waals surface area (Å²) in [6.07, 6.45) is 0. The van der Waals surface area contributed by atoms with Crippen LogP contribution in [0.2, 0.25) is 5.02 Å². The zero-order valence-electron chi connectivity index (χ0n) is 7.50. The van der Waals surface area contributed by atoms with E-state index in [0.717, 1.165) is 27.4 Å². The number of pyridine rings is 2. The molecule has 0 N–H and O–H groups in total. The van der Waals surface area contributed by atoms with Crippen molar-refractivity contribution in [2.45, 2.75) is 13.8 Å². The standard InChI is InChI=1S/C10H9ClN2/c1-6-3-4-8-9(11)5-7(2)13-10(8)12-6/h3-5H,1-2H3. The molecule has 0 bridgehead atoms. The SMILES string of the molecule is Cc1ccc2c(Cl)cc(C)nc2n1. The molecule has 0 unspecified atom stereocenters. The van der Waals surface area contributed by atoms with Crippen LogP contribution in [-0.2, 0) is 0 Å². The molecule has 13 heavy (non-hydrogen) atoms. The third-order valence-electron chi connectivity index (χ3n) is 1.89. The second-order valence-corrected chi connectivity index (χ2v) is 3.48. The Kier molecular flexibility index (Phi) is 1.93. The molecule has 2 rings (SSSR count). The summed E-state index contributed by atoms with van der Waals surface area (Å²) in [6, 6.07) is 5.73. The highest BCUT2D eigenvalue weighted by molar-refractivity contribution is 6.35. The van der Waals surface area contributed by atoms with Crippen LogP contribution >= 0.6 is 11.6 Å². The Labute approximate surface area is 81.6 Å². The van der Waals surface area contributed by atoms with Gasteiger partial charge in [0.25, 0.3) is 0 Å². The minimum atomic E-state index is 0.718. The van der Waals surface area contributed by atoms with E-state index in [1.807, 2.05) is 32.0 Å². The highest BCUT2D eigenvalue weighted by Gasteiger charge is 2.02. The van der Waals surface area contributed by atoms with Crippen LogP contribution < -0.4 is 0 Å². The molecule has 0 atom stereocenters. The fourth-order valence-corrected chi connectivity index (χ4v) is 1.58. The Balaban J connectivity index is 2.86. The largest absolute Gasteiger partial charge is 0.233 e. The lowest BCUT2D eigenvalue weighted by molar-refractivity contribution is 1.16. The van der Waals surface area contributed by atoms with E-state index in [2.05, 4.69) is 9.97 Å². The Morgan fingerprint density at radius 3 is 2.54 bits per heavy atom. The number of hydrogen-bond donors (Lipinski definition) is 0. The first-order valence-corrected chi connectivity index (χ1v) is 4.45. The van der Waals surface area contributed by atoms with Crippen molar-refractivity contribution in [1.29, 1.82) is 0 Å². The molecule has 0 amide bonds. The molecule has 0 fully saturated rings. The van der Waals surface area contributed by atoms with E-state index < -0.39 is 0 Å². The fraction of sp³-hybridized carbons (Fsp3) is 0.200. The van der Waals surface area contributed by atoms with Crippen LogP contribution in [0.4, 0.5) is 0 Å². The molecule has 0 aromatic carbocycles. The lowest BCUT2D eigenvalue weighted by Crippen LogP contribution is -1.89. The Bertz CT molecular complexity index is 460. The molecule has 0 saturated carbocycles. The molecule has 2 aromatic rings. The average molecular weight is 193 g/mol. The zero-order valence-corrected chi connectivity index (χ0v) is 8.26. The summed E-state index contributed by atoms with van der Waals surface area (Å²) in [6.45, 7) is 3.85. The third-order valence-corrected chi connectivity index (χ3v) is 2.20. The van der Waals surface area contributed by atoms with Crippen LogP contribution in [0.25, 0.3) is 11.0 Å². The van der Waals surface area contributed by atoms with Gasteiger partial charge in [0, 0.05) is 16.8 Å². The minimum absolute atomic E-state index is 0.718. The average Bonchev–Trinajstić information content (AvgIpc) is 2.02. The highest BCUT2D eigenvalue weighted by atomic mass is 35.5. The van der Waals surface area contributed by atoms with Gasteiger partial charge in [-0.05, 0) is 32.0 Å². The van der Waals surface area contributed by atoms with Gasteiger partial charge in [0.05, 0.1) is 5.02 Å². The number of aromatic nitrogens is 2. The van der Waals surface area contributed by atoms with Gasteiger partial charge in [-0.2, -0.15) is 0 Å². The van der Waals surface area contributed by atoms with Gasteiger partial charge in [0.15, 0.2) is 5.65 Å². The van der Waals surface area contributed by atoms with Gasteiger partial charge in [0.2, 0.25) is 0 Å². The van der Waals surface area contributed by atoms with Crippen molar-refractivity contribution >= 4 is 22.6 Å². The lowest BCUT2D eigenvalue weighted by atomic mass is 10.2. The second kappa shape index (κ2) is 2.96. The predicted octanol–water partition coefficient (Wildman–Crippen LogP) is 2.90. The summed E-state index contributed by atoms with van der Waals surface area (Å²) >= 11 is 6.03. The number of nitrogens with zero attached hydrogens (tertiary/aromatic N) is 2. The fourth-order valence-electron chi connectivity index (χ4n) is 1.28. The number of aryl methyl sites for hydroxylation is 2. The Hall–Kier alpha value is -1.15. The number of rotatable bonds is 0. The molecule has 0 spiro atoms. The first kappa shape index (κ1) is 8.45. The molecule has 66 valence electrons. The molecule has 0 aliphatic rings. The van der Waals surface area contributed by atoms with Gasteiger partial charge in [-0.15, -0.1) is 0 Å². The molecule has 0 radical (unpaired) electrons. The second-order valence-electron chi connectivity index (χ2n) is 3.07. The highest BCUT2D eigenvalue weighted by Crippen LogP contribution is 2.21. The van der Waals surface area contributed by atoms with Crippen molar-refractivity contribution in [2.75, 3.05) is 0 Å². The van der Waals surface area contributed by atoms with Crippen molar-refractivity contribution in [1.82, 2.24) is 9.97 Å². The number of fused-ring (bicyclic) bond motifs is 1. The van der Waals surface area contributed by atoms with Gasteiger partial charge < -0.3 is 0 Å². The molecule has 0 aliphatic carbocycles. The topological polar surface area (TPSA) is 25.8 Å². The summed E-state index contributed by atoms with van der Waals surface area (Å²) in [7, 11) is 0. The lowest BCUT2D eigenvalue weighted by Gasteiger charge is -2.01. The Morgan fingerprint density at radius 2 is 1.77 bits per heavy atom. The van der Waals surface area contributed by atoms with E-state index in [9.17, 15) is 0 Å². The summed E-state index contributed by atoms with van der Waals surface area (Å²) in [4.78, 5) is 8.60. The van der Waals surface area contributed by atoms with Crippen molar-refractivity contribution in [2.24, 2.45) is 0 Å². The van der Waals surface area contributed by atoms with E-state index in [4.69, 9.17) is 11.6 Å². The van der Waals surface area contributed by atoms with Crippen LogP contribution in [0.5, 0.6) is 0 Å². The van der Waals surface area contributed by atoms with Crippen LogP contribution in [0.3, 0.4) is 0 Å². The normalized spacial score (nSPS) is 10.7. The van der Waals surface area contributed by atoms with Gasteiger partial charge in [-0.25, -0.2) is 9.97 Å². The molecule has 0 aliphatic heterocycles. The number of halogens is 1. The van der Waals surface area contributed by atoms with Gasteiger partial charge in [-0.3, -0.25) is 0 Å². The van der Waals surface area contributed by atoms with E-state index in [0.29, 0.717) is 0 Å². The smallest absolute Gasteiger partial charge is 0.161 e. The molecule has 2 aromatic heterocycles. The van der Waals surface area contributed by atoms with E-state index >= 15 is 0 Å². The van der Waals surface area contributed by atoms with Crippen LogP contribution in [0.15, 0.2) is 18.2 Å². The van der Waals surface area contributed by atoms with E-state index in [1.54, 1.807) is 0 Å². The maximum absolute atomic E-state index is 6.03. The molecule has 0 saturated heterocycles. The summed E-state index contributed by atoms with van der Waals surface area (Å²) in [5.41, 5.74) is 2.59. The monoisotopic (exact) mass is 192 g/mol. The first-order valence-electron chi connectivity index (χ1n) is 4.07. The molecule has 2 nitrogen and oxygen atoms in total. The van der Waals surface area contributed by atoms with Crippen LogP contribution in [0, 0.1) is 13.8 Å². The number of hydrogen-bond acceptors (Lipinski definition) is 2. The first-order chi connectivity index (χ1) is 6.16. The molecular formula is C10H9ClN2. The predicted molar refractivity (Wildman–Crippen MR) is 54.0 cm³/mol. The zero-order chi connectivity index (χ0) is 9.42. The van der Waals surface area contributed by atoms with E-state index in [1.165, 1.54) is 0 Å². The van der Waals surface area contributed by atoms with Gasteiger partial charge in [0.1, 0.15) is 0 Å². The quantitative estimate of drug-likeness (QED) is 0.642. The van der Waals surface area contributed by atoms with Crippen molar-refractivity contribution in [3.63, 3.8) is 0 Å². The third kappa shape index (κ3) is 1.49. The van der Waals surface area contributed by atoms with E-state index in [-0.39, 0.29) is 0 Å². The van der Waals surface area contributed by atoms with Gasteiger partial charge >= 0.3 is 0 Å². The van der Waals surface area contributed by atoms with Crippen molar-refractivity contribution in [3.05, 3.63) is 34.6 Å². The van der Waals surface area contributed by atoms with Crippen LogP contribution in [-0.4, -0.2) is 9.97 Å². The maximum Gasteiger partial charge on any atom is 0.161 e. The summed E-state index contributed by atoms with van der Waals surface area (Å²) in [5.74, 6) is 0. The van der Waals surface area contributed by atoms with Crippen LogP contribution in [0.1, 0.15) is 11.4 Å². The van der Waals surface area contributed by atoms with Crippen molar-refractivity contribution < 1.29 is 0 Å². The Morgan fingerprint density at radius 1 is 1.08 bits per heavy atom. The molecule has 3 heteroatoms.